The number of nitrogens with two attached hydrogens (primary N) is 1. The van der Waals surface area contributed by atoms with E-state index in [1.54, 1.807) is 0 Å². The summed E-state index contributed by atoms with van der Waals surface area (Å²) in [5, 5.41) is 47.4. The van der Waals surface area contributed by atoms with Crippen molar-refractivity contribution < 1.29 is 88.1 Å². The fourth-order valence-electron chi connectivity index (χ4n) is 16.8. The van der Waals surface area contributed by atoms with Crippen LogP contribution in [-0.2, 0) is 57.2 Å². The first-order valence-corrected chi connectivity index (χ1v) is 61.8. The van der Waals surface area contributed by atoms with Crippen LogP contribution < -0.4 is 10.4 Å². The van der Waals surface area contributed by atoms with Gasteiger partial charge in [0, 0.05) is 55.9 Å². The van der Waals surface area contributed by atoms with Crippen LogP contribution >= 0.6 is 31.9 Å². The number of carbonyl (C=O) groups excluding carboxylic acids is 6. The largest absolute Gasteiger partial charge is 0.539 e. The summed E-state index contributed by atoms with van der Waals surface area (Å²) in [6, 6.07) is 0. The zero-order valence-corrected chi connectivity index (χ0v) is 95.8. The summed E-state index contributed by atoms with van der Waals surface area (Å²) in [6.45, 7) is 26.9. The number of carbonyl (C=O) groups is 7. The Morgan fingerprint density at radius 3 is 0.741 bits per heavy atom. The fraction of sp³-hybridized carbons (Fsp3) is 0.932. The van der Waals surface area contributed by atoms with Crippen LogP contribution in [0.5, 0.6) is 0 Å². The molecule has 0 aliphatic heterocycles. The zero-order valence-electron chi connectivity index (χ0n) is 92.7. The summed E-state index contributed by atoms with van der Waals surface area (Å²) in [5.41, 5.74) is 0. The van der Waals surface area contributed by atoms with Crippen molar-refractivity contribution in [3.63, 3.8) is 0 Å². The number of aliphatic hydroxyl groups is 3. The van der Waals surface area contributed by atoms with Crippen LogP contribution in [-0.4, -0.2) is 162 Å². The molecule has 0 aromatic carbocycles. The van der Waals surface area contributed by atoms with Gasteiger partial charge in [-0.25, -0.2) is 4.79 Å². The molecule has 21 heteroatoms. The molecule has 139 heavy (non-hydrogen) atoms. The molecule has 0 spiro atoms. The molecule has 1 atom stereocenters. The molecule has 0 aliphatic carbocycles. The molecular formula is C118H233Br2N2O17+. The molecule has 0 heterocycles. The van der Waals surface area contributed by atoms with E-state index in [0.29, 0.717) is 65.1 Å². The highest BCUT2D eigenvalue weighted by Gasteiger charge is 2.18. The van der Waals surface area contributed by atoms with E-state index >= 15 is 0 Å². The van der Waals surface area contributed by atoms with Crippen molar-refractivity contribution in [2.75, 3.05) is 83.0 Å². The number of nitrogens with zero attached hydrogens (tertiary/aromatic N) is 1. The Hall–Kier alpha value is -3.08. The van der Waals surface area contributed by atoms with Gasteiger partial charge in [-0.1, -0.05) is 446 Å². The lowest BCUT2D eigenvalue weighted by Crippen LogP contribution is -2.85. The summed E-state index contributed by atoms with van der Waals surface area (Å²) < 4.78 is 27.8. The van der Waals surface area contributed by atoms with Crippen LogP contribution in [0.2, 0.25) is 0 Å². The number of ether oxygens (including phenoxy) is 5. The van der Waals surface area contributed by atoms with Gasteiger partial charge in [-0.15, -0.1) is 0 Å². The smallest absolute Gasteiger partial charge is 0.351 e. The van der Waals surface area contributed by atoms with Gasteiger partial charge in [0.15, 0.2) is 5.97 Å². The monoisotopic (exact) mass is 2110 g/mol. The number of esters is 5. The molecule has 0 amide bonds. The Labute approximate surface area is 876 Å². The Morgan fingerprint density at radius 1 is 0.266 bits per heavy atom. The third kappa shape index (κ3) is 141. The maximum Gasteiger partial charge on any atom is 0.351 e. The predicted octanol–water partition coefficient (Wildman–Crippen LogP) is 32.1. The molecule has 0 saturated carbocycles. The van der Waals surface area contributed by atoms with E-state index in [4.69, 9.17) is 53.7 Å². The first-order chi connectivity index (χ1) is 68.0. The Bertz CT molecular complexity index is 2290. The molecule has 0 aromatic heterocycles. The van der Waals surface area contributed by atoms with Crippen LogP contribution in [0.1, 0.15) is 613 Å². The summed E-state index contributed by atoms with van der Waals surface area (Å²) >= 11 is 6.78. The lowest BCUT2D eigenvalue weighted by Gasteiger charge is -2.21. The van der Waals surface area contributed by atoms with E-state index in [-0.39, 0.29) is 55.3 Å². The molecular weight excluding hydrogens is 1880 g/mol. The molecule has 0 aromatic rings. The summed E-state index contributed by atoms with van der Waals surface area (Å²) in [4.78, 5) is 80.3. The predicted molar refractivity (Wildman–Crippen MR) is 594 cm³/mol. The molecule has 0 saturated heterocycles. The van der Waals surface area contributed by atoms with Gasteiger partial charge >= 0.3 is 35.8 Å². The number of halogens is 2. The second kappa shape index (κ2) is 135. The van der Waals surface area contributed by atoms with Gasteiger partial charge < -0.3 is 64.2 Å². The minimum atomic E-state index is -2.07. The van der Waals surface area contributed by atoms with Crippen molar-refractivity contribution in [1.29, 1.82) is 0 Å². The maximum atomic E-state index is 12.7. The Morgan fingerprint density at radius 2 is 0.489 bits per heavy atom. The van der Waals surface area contributed by atoms with E-state index in [1.807, 2.05) is 0 Å². The van der Waals surface area contributed by atoms with Gasteiger partial charge in [-0.2, -0.15) is 0 Å². The highest BCUT2D eigenvalue weighted by atomic mass is 79.9. The van der Waals surface area contributed by atoms with E-state index in [1.165, 1.54) is 366 Å². The minimum absolute atomic E-state index is 0.00755. The second-order valence-electron chi connectivity index (χ2n) is 39.6. The molecule has 0 radical (unpaired) electrons. The summed E-state index contributed by atoms with van der Waals surface area (Å²) in [7, 11) is 0. The van der Waals surface area contributed by atoms with Crippen molar-refractivity contribution in [3.8, 4) is 0 Å². The van der Waals surface area contributed by atoms with Gasteiger partial charge in [-0.3, -0.25) is 24.0 Å². The molecule has 6 N–H and O–H groups in total. The number of carboxylic acids is 2. The number of alkyl halides is 2. The second-order valence-corrected chi connectivity index (χ2v) is 41.2. The van der Waals surface area contributed by atoms with Crippen LogP contribution in [0.25, 0.3) is 0 Å². The fourth-order valence-corrected chi connectivity index (χ4v) is 17.6. The first-order valence-electron chi connectivity index (χ1n) is 59.6. The third-order valence-electron chi connectivity index (χ3n) is 25.8. The zero-order chi connectivity index (χ0) is 103. The maximum absolute atomic E-state index is 12.7. The van der Waals surface area contributed by atoms with Gasteiger partial charge in [-0.05, 0) is 174 Å². The number of rotatable bonds is 105. The van der Waals surface area contributed by atoms with Gasteiger partial charge in [0.25, 0.3) is 0 Å². The average Bonchev–Trinajstić information content (AvgIpc) is 0.963. The molecule has 0 rings (SSSR count). The number of quaternary nitrogens is 1. The number of hydrogen-bond donors (Lipinski definition) is 5. The van der Waals surface area contributed by atoms with Gasteiger partial charge in [0.05, 0.1) is 59.5 Å². The lowest BCUT2D eigenvalue weighted by molar-refractivity contribution is -0.656. The van der Waals surface area contributed by atoms with Crippen LogP contribution in [0, 0.1) is 6.92 Å². The lowest BCUT2D eigenvalue weighted by atomic mass is 10.0. The number of carboxylic acid groups (broad SMARTS) is 2. The molecule has 19 nitrogen and oxygen atoms in total. The van der Waals surface area contributed by atoms with E-state index < -0.39 is 11.9 Å². The van der Waals surface area contributed by atoms with Crippen LogP contribution in [0.3, 0.4) is 0 Å². The average molecular weight is 2110 g/mol. The molecule has 0 bridgehead atoms. The molecule has 1 unspecified atom stereocenters. The molecule has 0 fully saturated rings. The van der Waals surface area contributed by atoms with E-state index in [9.17, 15) is 29.1 Å². The number of aliphatic carboxylic acids is 2. The van der Waals surface area contributed by atoms with Crippen LogP contribution in [0.4, 0.5) is 0 Å². The Balaban J connectivity index is -0.000000423. The van der Waals surface area contributed by atoms with Gasteiger partial charge in [0.1, 0.15) is 12.2 Å². The Kier molecular flexibility index (Phi) is 142. The van der Waals surface area contributed by atoms with Crippen molar-refractivity contribution in [2.45, 2.75) is 626 Å². The summed E-state index contributed by atoms with van der Waals surface area (Å²) in [5.74, 6) is -4.06. The highest BCUT2D eigenvalue weighted by molar-refractivity contribution is 9.09. The standard InChI is InChI=1S/C44H87NO5.C27H54NO3.2C17H33BrO2.C11H24O.C2H2O4/c1-4-7-10-13-16-17-18-24-32-41-49-43(47)35-29-25-31-38-45(39-40-46)37-30-23-19-22-28-36-44(48)50-42(33-26-20-14-11-8-5-2)34-27-21-15-12-9-6-3;1-3-5-7-9-12-16-20-26(21-17-13-10-8-6-4-2)31-27(30)22-18-14-11-15-19-23-28-24-25-29;2*1-2-3-4-5-6-7-8-9-13-16-20-17(19)14-11-10-12-15-18;1-2-3-4-5-6-7-8-9-10-11-12;3-1(4)2(5)6/h42,46H,4-41H2,1-3H3;26,28-29H,1,3-25H2,2H3;2*2-16H2,1H3;12H,2-11H2,1H3;(H,3,4)(H,5,6)/q;+1;;;;. The van der Waals surface area contributed by atoms with E-state index in [0.717, 1.165) is 204 Å². The first kappa shape index (κ1) is 147. The van der Waals surface area contributed by atoms with Crippen molar-refractivity contribution in [3.05, 3.63) is 6.92 Å². The SMILES string of the molecule is CCCCCCCCCCCO.CCCCCCCCCCCOC(=O)CCCCCBr.CCCCCCCCCCCOC(=O)CCCCCBr.CCCCCCCCCCCOC(=O)CCCCCN(CCO)CCCCCCCC(=O)OC(CCCCCCCC)CCCCCCCC.O=C([O-])C(=O)O.[CH2+]CCCCCCCC(CCCCCCCC)OC(=O)CCCCCCC[NH2+]CCO. The number of hydrogen-bond acceptors (Lipinski definition) is 17. The number of aliphatic hydroxyl groups excluding tert-OH is 3. The van der Waals surface area contributed by atoms with E-state index in [2.05, 4.69) is 97.5 Å². The summed E-state index contributed by atoms with van der Waals surface area (Å²) in [6.07, 6.45) is 105. The molecule has 0 aliphatic rings. The van der Waals surface area contributed by atoms with Crippen molar-refractivity contribution in [1.82, 2.24) is 4.90 Å². The normalized spacial score (nSPS) is 11.2. The number of unbranched alkanes of at least 4 members (excludes halogenated alkanes) is 66. The van der Waals surface area contributed by atoms with Crippen molar-refractivity contribution >= 4 is 73.6 Å². The van der Waals surface area contributed by atoms with Crippen LogP contribution in [0.15, 0.2) is 0 Å². The minimum Gasteiger partial charge on any atom is -0.539 e. The molecule has 830 valence electrons. The highest BCUT2D eigenvalue weighted by Crippen LogP contribution is 2.23. The van der Waals surface area contributed by atoms with Crippen molar-refractivity contribution in [2.24, 2.45) is 0 Å². The topological polar surface area (TPSA) is 289 Å². The quantitative estimate of drug-likeness (QED) is 0.00944. The third-order valence-corrected chi connectivity index (χ3v) is 26.9. The van der Waals surface area contributed by atoms with Gasteiger partial charge in [0.2, 0.25) is 0 Å².